The van der Waals surface area contributed by atoms with Crippen LogP contribution in [0.25, 0.3) is 10.9 Å². The van der Waals surface area contributed by atoms with Gasteiger partial charge in [-0.15, -0.1) is 0 Å². The SMILES string of the molecule is COc1ccc(Cl)c2[nH]cc(CC#N)c12. The number of ether oxygens (including phenoxy) is 1. The van der Waals surface area contributed by atoms with E-state index in [1.54, 1.807) is 25.4 Å². The van der Waals surface area contributed by atoms with Gasteiger partial charge in [-0.25, -0.2) is 0 Å². The van der Waals surface area contributed by atoms with Crippen molar-refractivity contribution in [3.05, 3.63) is 28.9 Å². The predicted octanol–water partition coefficient (Wildman–Crippen LogP) is 2.90. The van der Waals surface area contributed by atoms with Crippen LogP contribution in [0.1, 0.15) is 5.56 Å². The highest BCUT2D eigenvalue weighted by molar-refractivity contribution is 6.35. The van der Waals surface area contributed by atoms with Crippen LogP contribution in [0.4, 0.5) is 0 Å². The first kappa shape index (κ1) is 9.88. The van der Waals surface area contributed by atoms with Crippen LogP contribution < -0.4 is 4.74 Å². The quantitative estimate of drug-likeness (QED) is 0.846. The number of nitrogens with zero attached hydrogens (tertiary/aromatic N) is 1. The van der Waals surface area contributed by atoms with E-state index in [1.807, 2.05) is 0 Å². The fourth-order valence-corrected chi connectivity index (χ4v) is 1.86. The fourth-order valence-electron chi connectivity index (χ4n) is 1.64. The molecule has 2 rings (SSSR count). The Morgan fingerprint density at radius 2 is 2.33 bits per heavy atom. The zero-order valence-electron chi connectivity index (χ0n) is 8.17. The first-order chi connectivity index (χ1) is 7.27. The van der Waals surface area contributed by atoms with Gasteiger partial charge in [0.2, 0.25) is 0 Å². The summed E-state index contributed by atoms with van der Waals surface area (Å²) in [5.74, 6) is 0.737. The van der Waals surface area contributed by atoms with Crippen molar-refractivity contribution in [1.29, 1.82) is 5.26 Å². The van der Waals surface area contributed by atoms with Crippen molar-refractivity contribution >= 4 is 22.5 Å². The minimum absolute atomic E-state index is 0.344. The number of aromatic amines is 1. The molecule has 0 saturated carbocycles. The predicted molar refractivity (Wildman–Crippen MR) is 59.2 cm³/mol. The van der Waals surface area contributed by atoms with Crippen LogP contribution in [-0.2, 0) is 6.42 Å². The Labute approximate surface area is 92.2 Å². The third-order valence-electron chi connectivity index (χ3n) is 2.32. The second-order valence-corrected chi connectivity index (χ2v) is 3.56. The molecule has 0 radical (unpaired) electrons. The van der Waals surface area contributed by atoms with Gasteiger partial charge in [0, 0.05) is 11.6 Å². The molecule has 1 N–H and O–H groups in total. The Bertz CT molecular complexity index is 539. The van der Waals surface area contributed by atoms with Crippen molar-refractivity contribution in [3.8, 4) is 11.8 Å². The van der Waals surface area contributed by atoms with Gasteiger partial charge in [-0.3, -0.25) is 0 Å². The maximum atomic E-state index is 8.69. The lowest BCUT2D eigenvalue weighted by molar-refractivity contribution is 0.419. The van der Waals surface area contributed by atoms with Crippen molar-refractivity contribution in [2.45, 2.75) is 6.42 Å². The summed E-state index contributed by atoms with van der Waals surface area (Å²) in [4.78, 5) is 3.05. The van der Waals surface area contributed by atoms with E-state index in [0.717, 1.165) is 22.2 Å². The van der Waals surface area contributed by atoms with E-state index in [0.29, 0.717) is 11.4 Å². The van der Waals surface area contributed by atoms with Crippen molar-refractivity contribution in [2.75, 3.05) is 7.11 Å². The van der Waals surface area contributed by atoms with Gasteiger partial charge in [0.05, 0.1) is 30.1 Å². The molecule has 0 fully saturated rings. The van der Waals surface area contributed by atoms with E-state index < -0.39 is 0 Å². The smallest absolute Gasteiger partial charge is 0.128 e. The zero-order chi connectivity index (χ0) is 10.8. The van der Waals surface area contributed by atoms with Crippen LogP contribution >= 0.6 is 11.6 Å². The van der Waals surface area contributed by atoms with Crippen LogP contribution in [0.5, 0.6) is 5.75 Å². The highest BCUT2D eigenvalue weighted by atomic mass is 35.5. The van der Waals surface area contributed by atoms with E-state index in [4.69, 9.17) is 21.6 Å². The number of halogens is 1. The lowest BCUT2D eigenvalue weighted by Gasteiger charge is -2.04. The summed E-state index contributed by atoms with van der Waals surface area (Å²) in [7, 11) is 1.60. The van der Waals surface area contributed by atoms with E-state index in [2.05, 4.69) is 11.1 Å². The number of hydrogen-bond acceptors (Lipinski definition) is 2. The van der Waals surface area contributed by atoms with Gasteiger partial charge in [-0.2, -0.15) is 5.26 Å². The first-order valence-corrected chi connectivity index (χ1v) is 4.85. The van der Waals surface area contributed by atoms with Gasteiger partial charge < -0.3 is 9.72 Å². The Kier molecular flexibility index (Phi) is 2.53. The monoisotopic (exact) mass is 220 g/mol. The summed E-state index contributed by atoms with van der Waals surface area (Å²) in [6, 6.07) is 5.69. The average molecular weight is 221 g/mol. The third-order valence-corrected chi connectivity index (χ3v) is 2.63. The summed E-state index contributed by atoms with van der Waals surface area (Å²) in [5.41, 5.74) is 1.73. The number of methoxy groups -OCH3 is 1. The fraction of sp³-hybridized carbons (Fsp3) is 0.182. The Morgan fingerprint density at radius 3 is 3.00 bits per heavy atom. The molecule has 0 saturated heterocycles. The Hall–Kier alpha value is -1.66. The highest BCUT2D eigenvalue weighted by Crippen LogP contribution is 2.33. The van der Waals surface area contributed by atoms with Gasteiger partial charge in [0.15, 0.2) is 0 Å². The number of rotatable bonds is 2. The molecule has 4 heteroatoms. The minimum atomic E-state index is 0.344. The molecule has 76 valence electrons. The molecule has 1 aromatic carbocycles. The molecule has 0 spiro atoms. The molecule has 0 bridgehead atoms. The van der Waals surface area contributed by atoms with E-state index in [1.165, 1.54) is 0 Å². The lowest BCUT2D eigenvalue weighted by atomic mass is 10.1. The Balaban J connectivity index is 2.76. The second-order valence-electron chi connectivity index (χ2n) is 3.15. The summed E-state index contributed by atoms with van der Waals surface area (Å²) in [6.45, 7) is 0. The number of fused-ring (bicyclic) bond motifs is 1. The number of benzene rings is 1. The van der Waals surface area contributed by atoms with Crippen LogP contribution in [0.15, 0.2) is 18.3 Å². The summed E-state index contributed by atoms with van der Waals surface area (Å²) < 4.78 is 5.24. The molecule has 0 aliphatic carbocycles. The van der Waals surface area contributed by atoms with Crippen molar-refractivity contribution in [2.24, 2.45) is 0 Å². The molecule has 2 aromatic rings. The van der Waals surface area contributed by atoms with E-state index in [-0.39, 0.29) is 0 Å². The van der Waals surface area contributed by atoms with Gasteiger partial charge in [-0.1, -0.05) is 11.6 Å². The molecule has 1 aromatic heterocycles. The molecule has 15 heavy (non-hydrogen) atoms. The van der Waals surface area contributed by atoms with Crippen molar-refractivity contribution in [3.63, 3.8) is 0 Å². The van der Waals surface area contributed by atoms with E-state index >= 15 is 0 Å². The molecule has 1 heterocycles. The minimum Gasteiger partial charge on any atom is -0.496 e. The largest absolute Gasteiger partial charge is 0.496 e. The van der Waals surface area contributed by atoms with Crippen LogP contribution in [-0.4, -0.2) is 12.1 Å². The van der Waals surface area contributed by atoms with Gasteiger partial charge in [-0.05, 0) is 17.7 Å². The molecule has 3 nitrogen and oxygen atoms in total. The second kappa shape index (κ2) is 3.84. The van der Waals surface area contributed by atoms with Crippen LogP contribution in [0, 0.1) is 11.3 Å². The molecule has 0 amide bonds. The molecule has 0 aliphatic rings. The summed E-state index contributed by atoms with van der Waals surface area (Å²) in [5, 5.41) is 10.2. The topological polar surface area (TPSA) is 48.8 Å². The standard InChI is InChI=1S/C11H9ClN2O/c1-15-9-3-2-8(12)11-10(9)7(4-5-13)6-14-11/h2-3,6,14H,4H2,1H3. The maximum absolute atomic E-state index is 8.69. The lowest BCUT2D eigenvalue weighted by Crippen LogP contribution is -1.86. The summed E-state index contributed by atoms with van der Waals surface area (Å²) >= 11 is 6.03. The number of H-pyrrole nitrogens is 1. The molecule has 0 unspecified atom stereocenters. The van der Waals surface area contributed by atoms with Crippen LogP contribution in [0.3, 0.4) is 0 Å². The first-order valence-electron chi connectivity index (χ1n) is 4.47. The Morgan fingerprint density at radius 1 is 1.53 bits per heavy atom. The summed E-state index contributed by atoms with van der Waals surface area (Å²) in [6.07, 6.45) is 2.14. The average Bonchev–Trinajstić information content (AvgIpc) is 2.65. The van der Waals surface area contributed by atoms with Gasteiger partial charge >= 0.3 is 0 Å². The van der Waals surface area contributed by atoms with Crippen molar-refractivity contribution in [1.82, 2.24) is 4.98 Å². The number of aromatic nitrogens is 1. The highest BCUT2D eigenvalue weighted by Gasteiger charge is 2.11. The van der Waals surface area contributed by atoms with Gasteiger partial charge in [0.1, 0.15) is 5.75 Å². The van der Waals surface area contributed by atoms with Crippen molar-refractivity contribution < 1.29 is 4.74 Å². The van der Waals surface area contributed by atoms with Gasteiger partial charge in [0.25, 0.3) is 0 Å². The molecule has 0 atom stereocenters. The number of hydrogen-bond donors (Lipinski definition) is 1. The maximum Gasteiger partial charge on any atom is 0.128 e. The molecular formula is C11H9ClN2O. The molecule has 0 aliphatic heterocycles. The molecular weight excluding hydrogens is 212 g/mol. The number of nitriles is 1. The zero-order valence-corrected chi connectivity index (χ0v) is 8.93. The van der Waals surface area contributed by atoms with E-state index in [9.17, 15) is 0 Å². The number of nitrogens with one attached hydrogen (secondary N) is 1. The third kappa shape index (κ3) is 1.53. The normalized spacial score (nSPS) is 10.2. The van der Waals surface area contributed by atoms with Crippen LogP contribution in [0.2, 0.25) is 5.02 Å².